The van der Waals surface area contributed by atoms with Crippen molar-refractivity contribution in [3.8, 4) is 22.8 Å². The van der Waals surface area contributed by atoms with E-state index >= 15 is 4.39 Å². The van der Waals surface area contributed by atoms with Crippen LogP contribution in [0, 0.1) is 11.6 Å². The number of aryl methyl sites for hydroxylation is 2. The molecule has 0 radical (unpaired) electrons. The molecule has 0 N–H and O–H groups in total. The number of rotatable bonds is 10. The minimum absolute atomic E-state index is 0.251. The molecule has 1 aromatic heterocycles. The third-order valence-electron chi connectivity index (χ3n) is 5.99. The van der Waals surface area contributed by atoms with Gasteiger partial charge in [0.25, 0.3) is 0 Å². The number of hydrogen-bond donors (Lipinski definition) is 0. The van der Waals surface area contributed by atoms with E-state index in [1.165, 1.54) is 6.07 Å². The standard InChI is InChI=1S/C29H26F5NO2/c1-2-3-4-15-36-23-11-13-26(35-18-23)22-10-12-24-21(17-22)9-8-20(28(24)31)7-5-19-6-14-27(25(30)16-19)37-29(32,33)34/h6,8-14,16-18H,2-5,7,15H2,1H3. The highest BCUT2D eigenvalue weighted by Crippen LogP contribution is 2.29. The maximum atomic E-state index is 15.2. The van der Waals surface area contributed by atoms with Crippen LogP contribution in [-0.2, 0) is 12.8 Å². The lowest BCUT2D eigenvalue weighted by atomic mass is 9.98. The van der Waals surface area contributed by atoms with Gasteiger partial charge in [-0.1, -0.05) is 50.1 Å². The Bertz CT molecular complexity index is 1350. The predicted octanol–water partition coefficient (Wildman–Crippen LogP) is 8.43. The monoisotopic (exact) mass is 515 g/mol. The van der Waals surface area contributed by atoms with E-state index in [1.54, 1.807) is 24.4 Å². The number of fused-ring (bicyclic) bond motifs is 1. The summed E-state index contributed by atoms with van der Waals surface area (Å²) in [6, 6.07) is 15.8. The highest BCUT2D eigenvalue weighted by Gasteiger charge is 2.32. The second-order valence-electron chi connectivity index (χ2n) is 8.72. The summed E-state index contributed by atoms with van der Waals surface area (Å²) in [6.45, 7) is 2.79. The molecule has 0 saturated heterocycles. The Morgan fingerprint density at radius 1 is 0.865 bits per heavy atom. The third kappa shape index (κ3) is 6.96. The fourth-order valence-corrected chi connectivity index (χ4v) is 4.05. The number of nitrogens with zero attached hydrogens (tertiary/aromatic N) is 1. The average Bonchev–Trinajstić information content (AvgIpc) is 2.87. The van der Waals surface area contributed by atoms with Crippen molar-refractivity contribution in [3.63, 3.8) is 0 Å². The molecule has 3 nitrogen and oxygen atoms in total. The van der Waals surface area contributed by atoms with E-state index in [0.717, 1.165) is 42.7 Å². The molecule has 0 atom stereocenters. The van der Waals surface area contributed by atoms with Crippen LogP contribution < -0.4 is 9.47 Å². The second-order valence-corrected chi connectivity index (χ2v) is 8.72. The molecule has 0 amide bonds. The van der Waals surface area contributed by atoms with Gasteiger partial charge >= 0.3 is 6.36 Å². The molecule has 4 aromatic rings. The summed E-state index contributed by atoms with van der Waals surface area (Å²) in [4.78, 5) is 4.47. The summed E-state index contributed by atoms with van der Waals surface area (Å²) in [5.41, 5.74) is 2.45. The fraction of sp³-hybridized carbons (Fsp3) is 0.276. The van der Waals surface area contributed by atoms with Crippen LogP contribution in [0.3, 0.4) is 0 Å². The first kappa shape index (κ1) is 26.4. The van der Waals surface area contributed by atoms with Crippen LogP contribution in [0.5, 0.6) is 11.5 Å². The maximum absolute atomic E-state index is 15.2. The first-order valence-electron chi connectivity index (χ1n) is 12.1. The van der Waals surface area contributed by atoms with Crippen molar-refractivity contribution in [1.29, 1.82) is 0 Å². The molecule has 0 bridgehead atoms. The molecular weight excluding hydrogens is 489 g/mol. The zero-order valence-electron chi connectivity index (χ0n) is 20.2. The van der Waals surface area contributed by atoms with E-state index in [-0.39, 0.29) is 18.7 Å². The van der Waals surface area contributed by atoms with Gasteiger partial charge in [0, 0.05) is 10.9 Å². The fourth-order valence-electron chi connectivity index (χ4n) is 4.05. The highest BCUT2D eigenvalue weighted by atomic mass is 19.4. The van der Waals surface area contributed by atoms with Crippen LogP contribution in [-0.4, -0.2) is 18.0 Å². The zero-order valence-corrected chi connectivity index (χ0v) is 20.2. The van der Waals surface area contributed by atoms with E-state index in [9.17, 15) is 17.6 Å². The van der Waals surface area contributed by atoms with Crippen LogP contribution in [0.2, 0.25) is 0 Å². The van der Waals surface area contributed by atoms with Crippen molar-refractivity contribution in [2.75, 3.05) is 6.61 Å². The summed E-state index contributed by atoms with van der Waals surface area (Å²) < 4.78 is 75.5. The number of ether oxygens (including phenoxy) is 2. The molecule has 0 unspecified atom stereocenters. The maximum Gasteiger partial charge on any atom is 0.573 e. The second kappa shape index (κ2) is 11.6. The summed E-state index contributed by atoms with van der Waals surface area (Å²) in [7, 11) is 0. The molecule has 0 fully saturated rings. The first-order valence-corrected chi connectivity index (χ1v) is 12.1. The van der Waals surface area contributed by atoms with Crippen molar-refractivity contribution in [3.05, 3.63) is 89.6 Å². The Labute approximate surface area is 211 Å². The largest absolute Gasteiger partial charge is 0.573 e. The molecule has 0 spiro atoms. The minimum Gasteiger partial charge on any atom is -0.492 e. The van der Waals surface area contributed by atoms with E-state index in [1.807, 2.05) is 24.3 Å². The Morgan fingerprint density at radius 2 is 1.70 bits per heavy atom. The van der Waals surface area contributed by atoms with Gasteiger partial charge in [-0.3, -0.25) is 4.98 Å². The van der Waals surface area contributed by atoms with Gasteiger partial charge in [-0.25, -0.2) is 8.78 Å². The molecule has 0 aliphatic rings. The van der Waals surface area contributed by atoms with Crippen LogP contribution >= 0.6 is 0 Å². The molecule has 4 rings (SSSR count). The predicted molar refractivity (Wildman–Crippen MR) is 133 cm³/mol. The third-order valence-corrected chi connectivity index (χ3v) is 5.99. The number of aromatic nitrogens is 1. The van der Waals surface area contributed by atoms with E-state index < -0.39 is 17.9 Å². The smallest absolute Gasteiger partial charge is 0.492 e. The van der Waals surface area contributed by atoms with Crippen LogP contribution in [0.15, 0.2) is 66.9 Å². The van der Waals surface area contributed by atoms with Crippen LogP contribution in [0.1, 0.15) is 37.3 Å². The number of hydrogen-bond acceptors (Lipinski definition) is 3. The van der Waals surface area contributed by atoms with Gasteiger partial charge in [0.05, 0.1) is 18.5 Å². The molecule has 1 heterocycles. The highest BCUT2D eigenvalue weighted by molar-refractivity contribution is 5.88. The van der Waals surface area contributed by atoms with Gasteiger partial charge in [-0.15, -0.1) is 13.2 Å². The Balaban J connectivity index is 1.44. The summed E-state index contributed by atoms with van der Waals surface area (Å²) in [5.74, 6) is -1.69. The number of halogens is 5. The van der Waals surface area contributed by atoms with Crippen LogP contribution in [0.25, 0.3) is 22.0 Å². The quantitative estimate of drug-likeness (QED) is 0.157. The molecule has 0 aliphatic heterocycles. The molecule has 0 aliphatic carbocycles. The topological polar surface area (TPSA) is 31.4 Å². The molecule has 194 valence electrons. The van der Waals surface area contributed by atoms with Crippen molar-refractivity contribution in [2.24, 2.45) is 0 Å². The normalized spacial score (nSPS) is 11.6. The van der Waals surface area contributed by atoms with E-state index in [2.05, 4.69) is 16.6 Å². The summed E-state index contributed by atoms with van der Waals surface area (Å²) in [5, 5.41) is 1.15. The van der Waals surface area contributed by atoms with Gasteiger partial charge in [0.15, 0.2) is 11.6 Å². The van der Waals surface area contributed by atoms with Gasteiger partial charge in [0.2, 0.25) is 0 Å². The lowest BCUT2D eigenvalue weighted by Gasteiger charge is -2.11. The number of alkyl halides is 3. The van der Waals surface area contributed by atoms with Crippen molar-refractivity contribution in [2.45, 2.75) is 45.4 Å². The van der Waals surface area contributed by atoms with Gasteiger partial charge in [-0.05, 0) is 66.1 Å². The molecular formula is C29H26F5NO2. The summed E-state index contributed by atoms with van der Waals surface area (Å²) in [6.07, 6.45) is 0.453. The van der Waals surface area contributed by atoms with Gasteiger partial charge in [0.1, 0.15) is 11.6 Å². The Hall–Kier alpha value is -3.68. The van der Waals surface area contributed by atoms with E-state index in [4.69, 9.17) is 4.74 Å². The van der Waals surface area contributed by atoms with Crippen LogP contribution in [0.4, 0.5) is 22.0 Å². The van der Waals surface area contributed by atoms with Gasteiger partial charge < -0.3 is 9.47 Å². The lowest BCUT2D eigenvalue weighted by molar-refractivity contribution is -0.275. The lowest BCUT2D eigenvalue weighted by Crippen LogP contribution is -2.18. The Morgan fingerprint density at radius 3 is 2.41 bits per heavy atom. The zero-order chi connectivity index (χ0) is 26.4. The number of unbranched alkanes of at least 4 members (excludes halogenated alkanes) is 2. The number of pyridine rings is 1. The average molecular weight is 516 g/mol. The minimum atomic E-state index is -4.97. The van der Waals surface area contributed by atoms with Crippen molar-refractivity contribution >= 4 is 10.8 Å². The molecule has 8 heteroatoms. The van der Waals surface area contributed by atoms with Gasteiger partial charge in [-0.2, -0.15) is 0 Å². The Kier molecular flexibility index (Phi) is 8.26. The molecule has 0 saturated carbocycles. The summed E-state index contributed by atoms with van der Waals surface area (Å²) >= 11 is 0. The SMILES string of the molecule is CCCCCOc1ccc(-c2ccc3c(F)c(CCc4ccc(OC(F)(F)F)c(F)c4)ccc3c2)nc1. The van der Waals surface area contributed by atoms with E-state index in [0.29, 0.717) is 34.3 Å². The number of benzene rings is 3. The van der Waals surface area contributed by atoms with Crippen molar-refractivity contribution in [1.82, 2.24) is 4.98 Å². The molecule has 37 heavy (non-hydrogen) atoms. The van der Waals surface area contributed by atoms with Crippen molar-refractivity contribution < 1.29 is 31.4 Å². The first-order chi connectivity index (χ1) is 17.7. The molecule has 3 aromatic carbocycles.